The highest BCUT2D eigenvalue weighted by molar-refractivity contribution is 5.67. The Balaban J connectivity index is 1.84. The van der Waals surface area contributed by atoms with Gasteiger partial charge in [-0.1, -0.05) is 6.92 Å². The predicted octanol–water partition coefficient (Wildman–Crippen LogP) is 2.16. The highest BCUT2D eigenvalue weighted by Crippen LogP contribution is 2.14. The first-order chi connectivity index (χ1) is 10.1. The van der Waals surface area contributed by atoms with E-state index >= 15 is 0 Å². The summed E-state index contributed by atoms with van der Waals surface area (Å²) in [6.45, 7) is 3.45. The van der Waals surface area contributed by atoms with Crippen LogP contribution in [0.1, 0.15) is 12.5 Å². The Morgan fingerprint density at radius 2 is 2.24 bits per heavy atom. The summed E-state index contributed by atoms with van der Waals surface area (Å²) >= 11 is 0. The van der Waals surface area contributed by atoms with Crippen molar-refractivity contribution >= 4 is 11.8 Å². The average molecular weight is 293 g/mol. The zero-order valence-corrected chi connectivity index (χ0v) is 11.7. The van der Waals surface area contributed by atoms with Gasteiger partial charge in [0.25, 0.3) is 5.69 Å². The van der Waals surface area contributed by atoms with Crippen LogP contribution in [0.25, 0.3) is 0 Å². The Hall–Kier alpha value is -2.15. The Kier molecular flexibility index (Phi) is 5.10. The largest absolute Gasteiger partial charge is 0.445 e. The molecule has 1 saturated heterocycles. The summed E-state index contributed by atoms with van der Waals surface area (Å²) < 4.78 is 10.6. The summed E-state index contributed by atoms with van der Waals surface area (Å²) in [5, 5.41) is 10.5. The molecule has 1 heterocycles. The second-order valence-corrected chi connectivity index (χ2v) is 4.67. The molecular formula is C14H17N2O5. The number of nitro benzene ring substituents is 1. The maximum Gasteiger partial charge on any atom is 0.410 e. The van der Waals surface area contributed by atoms with Crippen molar-refractivity contribution in [3.05, 3.63) is 46.4 Å². The maximum atomic E-state index is 11.9. The summed E-state index contributed by atoms with van der Waals surface area (Å²) in [6, 6.07) is 5.93. The van der Waals surface area contributed by atoms with E-state index in [0.717, 1.165) is 0 Å². The smallest absolute Gasteiger partial charge is 0.410 e. The first-order valence-electron chi connectivity index (χ1n) is 6.66. The third-order valence-corrected chi connectivity index (χ3v) is 3.23. The third-order valence-electron chi connectivity index (χ3n) is 3.23. The van der Waals surface area contributed by atoms with E-state index in [1.165, 1.54) is 12.1 Å². The minimum absolute atomic E-state index is 0.0135. The van der Waals surface area contributed by atoms with E-state index in [2.05, 4.69) is 0 Å². The number of rotatable bonds is 4. The van der Waals surface area contributed by atoms with Gasteiger partial charge in [-0.3, -0.25) is 10.1 Å². The number of benzene rings is 1. The lowest BCUT2D eigenvalue weighted by Crippen LogP contribution is -2.45. The van der Waals surface area contributed by atoms with Crippen LogP contribution in [-0.4, -0.2) is 41.7 Å². The molecule has 1 radical (unpaired) electrons. The molecule has 1 aliphatic rings. The van der Waals surface area contributed by atoms with Crippen LogP contribution in [-0.2, 0) is 16.1 Å². The van der Waals surface area contributed by atoms with Gasteiger partial charge in [0.05, 0.1) is 24.2 Å². The quantitative estimate of drug-likeness (QED) is 0.627. The second kappa shape index (κ2) is 7.03. The van der Waals surface area contributed by atoms with Gasteiger partial charge in [-0.05, 0) is 24.1 Å². The standard InChI is InChI=1S/C14H17N2O5/c1-2-13-9-15(7-8-20-13)14(17)21-10-11-3-5-12(6-4-11)16(18)19/h2-6,13H,7-10H2,1H3. The van der Waals surface area contributed by atoms with E-state index in [0.29, 0.717) is 25.3 Å². The van der Waals surface area contributed by atoms with Gasteiger partial charge in [-0.25, -0.2) is 4.79 Å². The minimum atomic E-state index is -0.467. The summed E-state index contributed by atoms with van der Waals surface area (Å²) in [4.78, 5) is 23.6. The summed E-state index contributed by atoms with van der Waals surface area (Å²) in [6.07, 6.45) is 1.43. The van der Waals surface area contributed by atoms with Crippen molar-refractivity contribution in [3.8, 4) is 0 Å². The SMILES string of the molecule is C[CH]C1CN(C(=O)OCc2ccc([N+](=O)[O-])cc2)CCO1. The van der Waals surface area contributed by atoms with Crippen molar-refractivity contribution < 1.29 is 19.2 Å². The number of carbonyl (C=O) groups excluding carboxylic acids is 1. The molecule has 1 aromatic carbocycles. The van der Waals surface area contributed by atoms with Crippen LogP contribution in [0, 0.1) is 16.5 Å². The van der Waals surface area contributed by atoms with E-state index in [1.807, 2.05) is 13.3 Å². The lowest BCUT2D eigenvalue weighted by atomic mass is 10.2. The van der Waals surface area contributed by atoms with Gasteiger partial charge in [0.2, 0.25) is 0 Å². The maximum absolute atomic E-state index is 11.9. The molecule has 1 fully saturated rings. The highest BCUT2D eigenvalue weighted by atomic mass is 16.6. The van der Waals surface area contributed by atoms with Crippen LogP contribution in [0.5, 0.6) is 0 Å². The van der Waals surface area contributed by atoms with Crippen LogP contribution in [0.3, 0.4) is 0 Å². The van der Waals surface area contributed by atoms with Crippen LogP contribution < -0.4 is 0 Å². The van der Waals surface area contributed by atoms with Crippen molar-refractivity contribution in [3.63, 3.8) is 0 Å². The lowest BCUT2D eigenvalue weighted by molar-refractivity contribution is -0.384. The van der Waals surface area contributed by atoms with E-state index in [4.69, 9.17) is 9.47 Å². The van der Waals surface area contributed by atoms with Gasteiger partial charge in [0.1, 0.15) is 6.61 Å². The monoisotopic (exact) mass is 293 g/mol. The number of carbonyl (C=O) groups is 1. The van der Waals surface area contributed by atoms with Gasteiger partial charge in [0.15, 0.2) is 0 Å². The van der Waals surface area contributed by atoms with Gasteiger partial charge in [-0.2, -0.15) is 0 Å². The Labute approximate surface area is 122 Å². The fourth-order valence-electron chi connectivity index (χ4n) is 1.99. The van der Waals surface area contributed by atoms with E-state index in [9.17, 15) is 14.9 Å². The van der Waals surface area contributed by atoms with Crippen LogP contribution in [0.2, 0.25) is 0 Å². The summed E-state index contributed by atoms with van der Waals surface area (Å²) in [5.74, 6) is 0. The zero-order chi connectivity index (χ0) is 15.2. The molecule has 0 spiro atoms. The summed E-state index contributed by atoms with van der Waals surface area (Å²) in [5.41, 5.74) is 0.723. The van der Waals surface area contributed by atoms with Gasteiger partial charge in [0, 0.05) is 18.7 Å². The molecular weight excluding hydrogens is 276 g/mol. The van der Waals surface area contributed by atoms with E-state index < -0.39 is 11.0 Å². The molecule has 1 aromatic rings. The average Bonchev–Trinajstić information content (AvgIpc) is 2.53. The molecule has 21 heavy (non-hydrogen) atoms. The molecule has 0 aliphatic carbocycles. The molecule has 2 rings (SSSR count). The number of nitrogens with zero attached hydrogens (tertiary/aromatic N) is 2. The normalized spacial score (nSPS) is 18.3. The number of nitro groups is 1. The Morgan fingerprint density at radius 3 is 2.86 bits per heavy atom. The van der Waals surface area contributed by atoms with Crippen LogP contribution in [0.15, 0.2) is 24.3 Å². The minimum Gasteiger partial charge on any atom is -0.445 e. The first kappa shape index (κ1) is 15.2. The molecule has 7 heteroatoms. The Bertz CT molecular complexity index is 503. The van der Waals surface area contributed by atoms with Crippen molar-refractivity contribution in [1.82, 2.24) is 4.90 Å². The van der Waals surface area contributed by atoms with Crippen LogP contribution in [0.4, 0.5) is 10.5 Å². The molecule has 113 valence electrons. The van der Waals surface area contributed by atoms with E-state index in [1.54, 1.807) is 17.0 Å². The Morgan fingerprint density at radius 1 is 1.52 bits per heavy atom. The molecule has 7 nitrogen and oxygen atoms in total. The molecule has 1 atom stereocenters. The van der Waals surface area contributed by atoms with Gasteiger partial charge < -0.3 is 14.4 Å². The van der Waals surface area contributed by atoms with Gasteiger partial charge in [-0.15, -0.1) is 0 Å². The molecule has 0 bridgehead atoms. The number of morpholine rings is 1. The molecule has 0 saturated carbocycles. The highest BCUT2D eigenvalue weighted by Gasteiger charge is 2.24. The number of hydrogen-bond donors (Lipinski definition) is 0. The number of ether oxygens (including phenoxy) is 2. The topological polar surface area (TPSA) is 81.9 Å². The van der Waals surface area contributed by atoms with Crippen molar-refractivity contribution in [2.75, 3.05) is 19.7 Å². The summed E-state index contributed by atoms with van der Waals surface area (Å²) in [7, 11) is 0. The predicted molar refractivity (Wildman–Crippen MR) is 74.6 cm³/mol. The van der Waals surface area contributed by atoms with E-state index in [-0.39, 0.29) is 18.4 Å². The molecule has 1 unspecified atom stereocenters. The fraction of sp³-hybridized carbons (Fsp3) is 0.429. The molecule has 0 aromatic heterocycles. The molecule has 1 amide bonds. The first-order valence-corrected chi connectivity index (χ1v) is 6.66. The van der Waals surface area contributed by atoms with Crippen LogP contribution >= 0.6 is 0 Å². The number of amides is 1. The van der Waals surface area contributed by atoms with Crippen molar-refractivity contribution in [2.24, 2.45) is 0 Å². The lowest BCUT2D eigenvalue weighted by Gasteiger charge is -2.31. The second-order valence-electron chi connectivity index (χ2n) is 4.67. The van der Waals surface area contributed by atoms with Gasteiger partial charge >= 0.3 is 6.09 Å². The van der Waals surface area contributed by atoms with Crippen molar-refractivity contribution in [2.45, 2.75) is 19.6 Å². The number of hydrogen-bond acceptors (Lipinski definition) is 5. The third kappa shape index (κ3) is 4.16. The molecule has 1 aliphatic heterocycles. The number of non-ortho nitro benzene ring substituents is 1. The molecule has 0 N–H and O–H groups in total. The zero-order valence-electron chi connectivity index (χ0n) is 11.7. The van der Waals surface area contributed by atoms with Crippen molar-refractivity contribution in [1.29, 1.82) is 0 Å². The fourth-order valence-corrected chi connectivity index (χ4v) is 1.99.